The number of rotatable bonds is 8. The number of benzene rings is 2. The van der Waals surface area contributed by atoms with Gasteiger partial charge in [-0.2, -0.15) is 0 Å². The quantitative estimate of drug-likeness (QED) is 0.677. The molecule has 0 bridgehead atoms. The number of ether oxygens (including phenoxy) is 1. The summed E-state index contributed by atoms with van der Waals surface area (Å²) < 4.78 is 5.40. The minimum absolute atomic E-state index is 0.0469. The third kappa shape index (κ3) is 5.12. The number of thiocarbonyl (C=S) groups is 1. The van der Waals surface area contributed by atoms with Gasteiger partial charge in [0.25, 0.3) is 5.91 Å². The van der Waals surface area contributed by atoms with Crippen LogP contribution in [0.25, 0.3) is 0 Å². The van der Waals surface area contributed by atoms with Gasteiger partial charge in [-0.3, -0.25) is 14.5 Å². The van der Waals surface area contributed by atoms with Gasteiger partial charge < -0.3 is 15.0 Å². The average Bonchev–Trinajstić information content (AvgIpc) is 2.92. The average molecular weight is 412 g/mol. The molecule has 1 saturated heterocycles. The van der Waals surface area contributed by atoms with Gasteiger partial charge in [0, 0.05) is 19.3 Å². The van der Waals surface area contributed by atoms with Crippen LogP contribution in [0.3, 0.4) is 0 Å². The largest absolute Gasteiger partial charge is 0.494 e. The van der Waals surface area contributed by atoms with E-state index in [1.165, 1.54) is 4.90 Å². The van der Waals surface area contributed by atoms with E-state index in [0.717, 1.165) is 17.7 Å². The molecule has 2 amide bonds. The summed E-state index contributed by atoms with van der Waals surface area (Å²) in [6.45, 7) is 3.08. The van der Waals surface area contributed by atoms with E-state index < -0.39 is 6.04 Å². The van der Waals surface area contributed by atoms with Gasteiger partial charge >= 0.3 is 0 Å². The number of hydrogen-bond acceptors (Lipinski definition) is 4. The SMILES string of the molecule is CCOc1ccc(NC(=O)C[C@H]2C(=O)N(C)C(=S)N2CCc2ccccc2)cc1. The molecule has 1 fully saturated rings. The lowest BCUT2D eigenvalue weighted by Gasteiger charge is -2.23. The second kappa shape index (κ2) is 9.52. The van der Waals surface area contributed by atoms with Crippen LogP contribution in [0.5, 0.6) is 5.75 Å². The Labute approximate surface area is 176 Å². The van der Waals surface area contributed by atoms with Crippen LogP contribution < -0.4 is 10.1 Å². The highest BCUT2D eigenvalue weighted by molar-refractivity contribution is 7.80. The fraction of sp³-hybridized carbons (Fsp3) is 0.318. The Morgan fingerprint density at radius 1 is 1.14 bits per heavy atom. The van der Waals surface area contributed by atoms with E-state index in [2.05, 4.69) is 5.32 Å². The fourth-order valence-corrected chi connectivity index (χ4v) is 3.62. The van der Waals surface area contributed by atoms with Crippen molar-refractivity contribution in [1.82, 2.24) is 9.80 Å². The molecule has 29 heavy (non-hydrogen) atoms. The van der Waals surface area contributed by atoms with Crippen LogP contribution >= 0.6 is 12.2 Å². The van der Waals surface area contributed by atoms with Gasteiger partial charge in [-0.1, -0.05) is 30.3 Å². The van der Waals surface area contributed by atoms with Crippen LogP contribution in [0.1, 0.15) is 18.9 Å². The fourth-order valence-electron chi connectivity index (χ4n) is 3.31. The lowest BCUT2D eigenvalue weighted by molar-refractivity contribution is -0.130. The summed E-state index contributed by atoms with van der Waals surface area (Å²) in [5.41, 5.74) is 1.82. The Morgan fingerprint density at radius 2 is 1.83 bits per heavy atom. The molecule has 0 unspecified atom stereocenters. The first-order valence-corrected chi connectivity index (χ1v) is 10.0. The van der Waals surface area contributed by atoms with Crippen molar-refractivity contribution in [2.45, 2.75) is 25.8 Å². The first-order valence-electron chi connectivity index (χ1n) is 9.64. The van der Waals surface area contributed by atoms with Gasteiger partial charge in [-0.25, -0.2) is 0 Å². The number of anilines is 1. The number of carbonyl (C=O) groups is 2. The number of likely N-dealkylation sites (N-methyl/N-ethyl adjacent to an activating group) is 1. The van der Waals surface area contributed by atoms with Crippen molar-refractivity contribution in [3.05, 3.63) is 60.2 Å². The monoisotopic (exact) mass is 411 g/mol. The molecular weight excluding hydrogens is 386 g/mol. The number of hydrogen-bond donors (Lipinski definition) is 1. The van der Waals surface area contributed by atoms with Gasteiger partial charge in [-0.05, 0) is 55.4 Å². The summed E-state index contributed by atoms with van der Waals surface area (Å²) in [6, 6.07) is 16.6. The molecule has 0 aliphatic carbocycles. The number of nitrogens with one attached hydrogen (secondary N) is 1. The summed E-state index contributed by atoms with van der Waals surface area (Å²) in [5.74, 6) is 0.371. The van der Waals surface area contributed by atoms with Crippen LogP contribution in [-0.2, 0) is 16.0 Å². The highest BCUT2D eigenvalue weighted by atomic mass is 32.1. The highest BCUT2D eigenvalue weighted by Gasteiger charge is 2.41. The number of amides is 2. The molecule has 152 valence electrons. The molecule has 1 N–H and O–H groups in total. The van der Waals surface area contributed by atoms with Gasteiger partial charge in [-0.15, -0.1) is 0 Å². The molecule has 0 radical (unpaired) electrons. The van der Waals surface area contributed by atoms with Crippen LogP contribution in [0.2, 0.25) is 0 Å². The molecule has 2 aromatic carbocycles. The maximum atomic E-state index is 12.6. The van der Waals surface area contributed by atoms with Crippen LogP contribution in [0, 0.1) is 0 Å². The van der Waals surface area contributed by atoms with E-state index in [0.29, 0.717) is 24.0 Å². The maximum absolute atomic E-state index is 12.6. The Hall–Kier alpha value is -2.93. The van der Waals surface area contributed by atoms with E-state index in [1.54, 1.807) is 31.3 Å². The molecule has 1 heterocycles. The van der Waals surface area contributed by atoms with Crippen LogP contribution in [0.15, 0.2) is 54.6 Å². The zero-order valence-electron chi connectivity index (χ0n) is 16.6. The van der Waals surface area contributed by atoms with E-state index >= 15 is 0 Å². The second-order valence-electron chi connectivity index (χ2n) is 6.83. The van der Waals surface area contributed by atoms with Gasteiger partial charge in [0.15, 0.2) is 5.11 Å². The molecule has 2 aromatic rings. The Balaban J connectivity index is 1.63. The second-order valence-corrected chi connectivity index (χ2v) is 7.20. The lowest BCUT2D eigenvalue weighted by atomic mass is 10.1. The molecule has 0 aromatic heterocycles. The molecule has 1 aliphatic rings. The standard InChI is InChI=1S/C22H25N3O3S/c1-3-28-18-11-9-17(10-12-18)23-20(26)15-19-21(27)24(2)22(29)25(19)14-13-16-7-5-4-6-8-16/h4-12,19H,3,13-15H2,1-2H3,(H,23,26)/t19-/m0/s1. The molecule has 0 spiro atoms. The smallest absolute Gasteiger partial charge is 0.251 e. The number of nitrogens with zero attached hydrogens (tertiary/aromatic N) is 2. The van der Waals surface area contributed by atoms with E-state index in [9.17, 15) is 9.59 Å². The van der Waals surface area contributed by atoms with Crippen molar-refractivity contribution < 1.29 is 14.3 Å². The molecule has 1 aliphatic heterocycles. The van der Waals surface area contributed by atoms with Crippen molar-refractivity contribution in [2.24, 2.45) is 0 Å². The Kier molecular flexibility index (Phi) is 6.82. The zero-order valence-corrected chi connectivity index (χ0v) is 17.4. The van der Waals surface area contributed by atoms with Gasteiger partial charge in [0.05, 0.1) is 13.0 Å². The van der Waals surface area contributed by atoms with Crippen molar-refractivity contribution >= 4 is 34.8 Å². The third-order valence-corrected chi connectivity index (χ3v) is 5.34. The van der Waals surface area contributed by atoms with E-state index in [-0.39, 0.29) is 18.2 Å². The number of carbonyl (C=O) groups excluding carboxylic acids is 2. The Morgan fingerprint density at radius 3 is 2.48 bits per heavy atom. The molecule has 1 atom stereocenters. The van der Waals surface area contributed by atoms with Gasteiger partial charge in [0.1, 0.15) is 11.8 Å². The zero-order chi connectivity index (χ0) is 20.8. The summed E-state index contributed by atoms with van der Waals surface area (Å²) in [4.78, 5) is 28.5. The van der Waals surface area contributed by atoms with Gasteiger partial charge in [0.2, 0.25) is 5.91 Å². The molecular formula is C22H25N3O3S. The normalized spacial score (nSPS) is 16.3. The van der Waals surface area contributed by atoms with E-state index in [4.69, 9.17) is 17.0 Å². The predicted molar refractivity (Wildman–Crippen MR) is 117 cm³/mol. The summed E-state index contributed by atoms with van der Waals surface area (Å²) in [6.07, 6.45) is 0.796. The molecule has 6 nitrogen and oxygen atoms in total. The minimum Gasteiger partial charge on any atom is -0.494 e. The Bertz CT molecular complexity index is 871. The van der Waals surface area contributed by atoms with Crippen LogP contribution in [-0.4, -0.2) is 53.0 Å². The summed E-state index contributed by atoms with van der Waals surface area (Å²) >= 11 is 5.44. The van der Waals surface area contributed by atoms with Crippen molar-refractivity contribution in [1.29, 1.82) is 0 Å². The maximum Gasteiger partial charge on any atom is 0.251 e. The molecule has 0 saturated carbocycles. The summed E-state index contributed by atoms with van der Waals surface area (Å²) in [5, 5.41) is 3.31. The topological polar surface area (TPSA) is 61.9 Å². The molecule has 3 rings (SSSR count). The van der Waals surface area contributed by atoms with Crippen molar-refractivity contribution in [3.63, 3.8) is 0 Å². The predicted octanol–water partition coefficient (Wildman–Crippen LogP) is 3.08. The highest BCUT2D eigenvalue weighted by Crippen LogP contribution is 2.21. The minimum atomic E-state index is -0.584. The van der Waals surface area contributed by atoms with E-state index in [1.807, 2.05) is 42.2 Å². The lowest BCUT2D eigenvalue weighted by Crippen LogP contribution is -2.39. The first-order chi connectivity index (χ1) is 14.0. The van der Waals surface area contributed by atoms with Crippen molar-refractivity contribution in [2.75, 3.05) is 25.5 Å². The first kappa shape index (κ1) is 20.8. The molecule has 7 heteroatoms. The van der Waals surface area contributed by atoms with Crippen LogP contribution in [0.4, 0.5) is 5.69 Å². The summed E-state index contributed by atoms with van der Waals surface area (Å²) in [7, 11) is 1.66. The van der Waals surface area contributed by atoms with Crippen molar-refractivity contribution in [3.8, 4) is 5.75 Å². The third-order valence-electron chi connectivity index (χ3n) is 4.84.